The second kappa shape index (κ2) is 7.41. The Morgan fingerprint density at radius 3 is 2.50 bits per heavy atom. The van der Waals surface area contributed by atoms with Gasteiger partial charge in [-0.05, 0) is 30.0 Å². The summed E-state index contributed by atoms with van der Waals surface area (Å²) in [6.07, 6.45) is 10.4. The first kappa shape index (κ1) is 15.0. The first-order valence-corrected chi connectivity index (χ1v) is 6.22. The Labute approximate surface area is 115 Å². The Morgan fingerprint density at radius 1 is 1.33 bits per heavy atom. The third kappa shape index (κ3) is 4.01. The molecule has 1 aromatic carbocycles. The molecule has 1 aromatic rings. The van der Waals surface area contributed by atoms with E-state index in [9.17, 15) is 4.39 Å². The molecule has 0 unspecified atom stereocenters. The van der Waals surface area contributed by atoms with Gasteiger partial charge in [0.2, 0.25) is 0 Å². The molecule has 0 aliphatic heterocycles. The molecule has 1 aliphatic rings. The minimum absolute atomic E-state index is 0. The number of nitrogens with one attached hydrogen (secondary N) is 1. The minimum Gasteiger partial charge on any atom is -0.299 e. The molecule has 1 saturated carbocycles. The third-order valence-corrected chi connectivity index (χ3v) is 3.52. The van der Waals surface area contributed by atoms with E-state index in [-0.39, 0.29) is 24.3 Å². The summed E-state index contributed by atoms with van der Waals surface area (Å²) in [4.78, 5) is 0. The number of halogens is 2. The molecular formula is C15H19ClFN. The molecule has 0 radical (unpaired) electrons. The van der Waals surface area contributed by atoms with Crippen LogP contribution in [0.4, 0.5) is 4.39 Å². The van der Waals surface area contributed by atoms with Crippen LogP contribution in [0.25, 0.3) is 0 Å². The maximum atomic E-state index is 12.9. The Balaban J connectivity index is 0.00000162. The summed E-state index contributed by atoms with van der Waals surface area (Å²) >= 11 is 0. The van der Waals surface area contributed by atoms with Crippen LogP contribution >= 0.6 is 12.4 Å². The summed E-state index contributed by atoms with van der Waals surface area (Å²) in [5, 5.41) is 3.35. The lowest BCUT2D eigenvalue weighted by atomic mass is 9.79. The molecule has 0 spiro atoms. The summed E-state index contributed by atoms with van der Waals surface area (Å²) in [7, 11) is 0. The third-order valence-electron chi connectivity index (χ3n) is 3.52. The molecule has 18 heavy (non-hydrogen) atoms. The molecule has 3 heteroatoms. The van der Waals surface area contributed by atoms with Gasteiger partial charge in [0.15, 0.2) is 0 Å². The summed E-state index contributed by atoms with van der Waals surface area (Å²) in [5.41, 5.74) is 1.13. The highest BCUT2D eigenvalue weighted by Crippen LogP contribution is 2.34. The molecule has 98 valence electrons. The Kier molecular flexibility index (Phi) is 6.18. The lowest BCUT2D eigenvalue weighted by Crippen LogP contribution is -2.26. The van der Waals surface area contributed by atoms with Crippen LogP contribution in [0.2, 0.25) is 0 Å². The zero-order valence-corrected chi connectivity index (χ0v) is 11.2. The van der Waals surface area contributed by atoms with Crippen LogP contribution < -0.4 is 5.32 Å². The number of terminal acetylenes is 1. The largest absolute Gasteiger partial charge is 0.299 e. The molecule has 1 aliphatic carbocycles. The summed E-state index contributed by atoms with van der Waals surface area (Å²) in [5.74, 6) is 3.22. The average Bonchev–Trinajstić information content (AvgIpc) is 2.28. The van der Waals surface area contributed by atoms with Gasteiger partial charge in [0, 0.05) is 6.04 Å². The monoisotopic (exact) mass is 267 g/mol. The van der Waals surface area contributed by atoms with Gasteiger partial charge in [-0.2, -0.15) is 0 Å². The van der Waals surface area contributed by atoms with Crippen LogP contribution in [-0.2, 0) is 0 Å². The lowest BCUT2D eigenvalue weighted by molar-refractivity contribution is 0.264. The Morgan fingerprint density at radius 2 is 2.00 bits per heavy atom. The van der Waals surface area contributed by atoms with Crippen LogP contribution in [0.5, 0.6) is 0 Å². The van der Waals surface area contributed by atoms with Crippen molar-refractivity contribution >= 4 is 12.4 Å². The zero-order valence-electron chi connectivity index (χ0n) is 10.4. The highest BCUT2D eigenvalue weighted by Gasteiger charge is 2.22. The summed E-state index contributed by atoms with van der Waals surface area (Å²) in [6.45, 7) is 0.564. The second-order valence-electron chi connectivity index (χ2n) is 4.72. The van der Waals surface area contributed by atoms with Gasteiger partial charge in [-0.25, -0.2) is 4.39 Å². The smallest absolute Gasteiger partial charge is 0.123 e. The molecular weight excluding hydrogens is 249 g/mol. The van der Waals surface area contributed by atoms with Crippen molar-refractivity contribution in [3.63, 3.8) is 0 Å². The van der Waals surface area contributed by atoms with Crippen LogP contribution in [0, 0.1) is 24.1 Å². The van der Waals surface area contributed by atoms with E-state index in [2.05, 4.69) is 11.2 Å². The molecule has 0 saturated heterocycles. The predicted octanol–water partition coefficient (Wildman–Crippen LogP) is 3.70. The van der Waals surface area contributed by atoms with E-state index < -0.39 is 0 Å². The fourth-order valence-electron chi connectivity index (χ4n) is 2.28. The minimum atomic E-state index is -0.187. The SMILES string of the molecule is C#CCN[C@@H](CC1CCC1)c1ccc(F)cc1.Cl. The van der Waals surface area contributed by atoms with Crippen molar-refractivity contribution < 1.29 is 4.39 Å². The van der Waals surface area contributed by atoms with Gasteiger partial charge in [0.25, 0.3) is 0 Å². The van der Waals surface area contributed by atoms with Crippen molar-refractivity contribution in [2.24, 2.45) is 5.92 Å². The predicted molar refractivity (Wildman–Crippen MR) is 75.2 cm³/mol. The normalized spacial score (nSPS) is 16.2. The highest BCUT2D eigenvalue weighted by molar-refractivity contribution is 5.85. The van der Waals surface area contributed by atoms with Gasteiger partial charge in [0.05, 0.1) is 6.54 Å². The molecule has 1 nitrogen and oxygen atoms in total. The van der Waals surface area contributed by atoms with Crippen molar-refractivity contribution in [1.29, 1.82) is 0 Å². The van der Waals surface area contributed by atoms with E-state index in [0.717, 1.165) is 17.9 Å². The standard InChI is InChI=1S/C15H18FN.ClH/c1-2-10-17-15(11-12-4-3-5-12)13-6-8-14(16)9-7-13;/h1,6-9,12,15,17H,3-5,10-11H2;1H/t15-;/m0./s1. The Hall–Kier alpha value is -1.04. The topological polar surface area (TPSA) is 12.0 Å². The van der Waals surface area contributed by atoms with Crippen LogP contribution in [0.1, 0.15) is 37.3 Å². The van der Waals surface area contributed by atoms with E-state index in [0.29, 0.717) is 6.54 Å². The van der Waals surface area contributed by atoms with Crippen molar-refractivity contribution in [1.82, 2.24) is 5.32 Å². The highest BCUT2D eigenvalue weighted by atomic mass is 35.5. The number of rotatable bonds is 5. The second-order valence-corrected chi connectivity index (χ2v) is 4.72. The van der Waals surface area contributed by atoms with Gasteiger partial charge in [-0.1, -0.05) is 37.3 Å². The molecule has 1 fully saturated rings. The van der Waals surface area contributed by atoms with Crippen LogP contribution in [-0.4, -0.2) is 6.54 Å². The van der Waals surface area contributed by atoms with Crippen molar-refractivity contribution in [2.45, 2.75) is 31.7 Å². The van der Waals surface area contributed by atoms with Crippen molar-refractivity contribution in [3.05, 3.63) is 35.6 Å². The zero-order chi connectivity index (χ0) is 12.1. The number of benzene rings is 1. The first-order valence-electron chi connectivity index (χ1n) is 6.22. The van der Waals surface area contributed by atoms with Crippen LogP contribution in [0.15, 0.2) is 24.3 Å². The van der Waals surface area contributed by atoms with E-state index in [4.69, 9.17) is 6.42 Å². The molecule has 1 N–H and O–H groups in total. The fourth-order valence-corrected chi connectivity index (χ4v) is 2.28. The number of hydrogen-bond acceptors (Lipinski definition) is 1. The Bertz CT molecular complexity index is 392. The maximum Gasteiger partial charge on any atom is 0.123 e. The van der Waals surface area contributed by atoms with Gasteiger partial charge in [-0.3, -0.25) is 5.32 Å². The van der Waals surface area contributed by atoms with E-state index in [1.807, 2.05) is 12.1 Å². The van der Waals surface area contributed by atoms with E-state index >= 15 is 0 Å². The van der Waals surface area contributed by atoms with Gasteiger partial charge < -0.3 is 0 Å². The molecule has 1 atom stereocenters. The first-order chi connectivity index (χ1) is 8.29. The van der Waals surface area contributed by atoms with Crippen molar-refractivity contribution in [3.8, 4) is 12.3 Å². The van der Waals surface area contributed by atoms with Crippen molar-refractivity contribution in [2.75, 3.05) is 6.54 Å². The van der Waals surface area contributed by atoms with E-state index in [1.165, 1.54) is 31.4 Å². The summed E-state index contributed by atoms with van der Waals surface area (Å²) < 4.78 is 12.9. The van der Waals surface area contributed by atoms with Gasteiger partial charge in [0.1, 0.15) is 5.82 Å². The average molecular weight is 268 g/mol. The molecule has 2 rings (SSSR count). The lowest BCUT2D eigenvalue weighted by Gasteiger charge is -2.30. The quantitative estimate of drug-likeness (QED) is 0.802. The fraction of sp³-hybridized carbons (Fsp3) is 0.467. The van der Waals surface area contributed by atoms with Gasteiger partial charge in [-0.15, -0.1) is 18.8 Å². The molecule has 0 aromatic heterocycles. The molecule has 0 heterocycles. The molecule has 0 amide bonds. The number of hydrogen-bond donors (Lipinski definition) is 1. The molecule has 0 bridgehead atoms. The van der Waals surface area contributed by atoms with Gasteiger partial charge >= 0.3 is 0 Å². The maximum absolute atomic E-state index is 12.9. The van der Waals surface area contributed by atoms with E-state index in [1.54, 1.807) is 0 Å². The van der Waals surface area contributed by atoms with Crippen LogP contribution in [0.3, 0.4) is 0 Å². The summed E-state index contributed by atoms with van der Waals surface area (Å²) in [6, 6.07) is 6.99.